The van der Waals surface area contributed by atoms with Crippen molar-refractivity contribution in [2.45, 2.75) is 69.9 Å². The van der Waals surface area contributed by atoms with Crippen LogP contribution in [0.15, 0.2) is 11.8 Å². The van der Waals surface area contributed by atoms with Gasteiger partial charge in [0.1, 0.15) is 11.6 Å². The highest BCUT2D eigenvalue weighted by atomic mass is 16.1. The second-order valence-electron chi connectivity index (χ2n) is 6.07. The van der Waals surface area contributed by atoms with E-state index in [-0.39, 0.29) is 17.5 Å². The fourth-order valence-corrected chi connectivity index (χ4v) is 3.27. The fourth-order valence-electron chi connectivity index (χ4n) is 3.27. The largest absolute Gasteiger partial charge is 0.376 e. The number of amides is 1. The Morgan fingerprint density at radius 1 is 1.15 bits per heavy atom. The van der Waals surface area contributed by atoms with E-state index in [0.29, 0.717) is 6.04 Å². The van der Waals surface area contributed by atoms with Crippen LogP contribution in [-0.2, 0) is 4.79 Å². The lowest BCUT2D eigenvalue weighted by Gasteiger charge is -2.30. The van der Waals surface area contributed by atoms with Crippen molar-refractivity contribution >= 4 is 5.91 Å². The third-order valence-electron chi connectivity index (χ3n) is 4.54. The van der Waals surface area contributed by atoms with Crippen LogP contribution in [0.2, 0.25) is 0 Å². The molecular weight excluding hydrogens is 250 g/mol. The lowest BCUT2D eigenvalue weighted by molar-refractivity contribution is -0.117. The van der Waals surface area contributed by atoms with Crippen LogP contribution in [0.4, 0.5) is 0 Å². The van der Waals surface area contributed by atoms with Gasteiger partial charge < -0.3 is 10.2 Å². The molecule has 0 aromatic heterocycles. The van der Waals surface area contributed by atoms with E-state index in [1.54, 1.807) is 6.20 Å². The van der Waals surface area contributed by atoms with E-state index in [9.17, 15) is 10.1 Å². The van der Waals surface area contributed by atoms with Crippen LogP contribution < -0.4 is 5.32 Å². The Labute approximate surface area is 121 Å². The Bertz CT molecular complexity index is 398. The van der Waals surface area contributed by atoms with Crippen molar-refractivity contribution in [1.82, 2.24) is 10.2 Å². The number of nitrogens with one attached hydrogen (secondary N) is 1. The molecule has 20 heavy (non-hydrogen) atoms. The van der Waals surface area contributed by atoms with E-state index in [1.165, 1.54) is 32.1 Å². The normalized spacial score (nSPS) is 21.5. The van der Waals surface area contributed by atoms with Crippen molar-refractivity contribution in [3.05, 3.63) is 11.8 Å². The summed E-state index contributed by atoms with van der Waals surface area (Å²) in [5, 5.41) is 12.2. The molecule has 2 aliphatic carbocycles. The maximum Gasteiger partial charge on any atom is 0.263 e. The molecule has 0 atom stereocenters. The van der Waals surface area contributed by atoms with E-state index in [2.05, 4.69) is 16.3 Å². The van der Waals surface area contributed by atoms with Crippen LogP contribution in [0.3, 0.4) is 0 Å². The summed E-state index contributed by atoms with van der Waals surface area (Å²) in [5.41, 5.74) is 0.241. The van der Waals surface area contributed by atoms with Gasteiger partial charge in [-0.05, 0) is 25.7 Å². The standard InChI is InChI=1S/C16H25N3O/c1-19(15-9-3-2-4-10-15)12-13(11-17)16(20)18-14-7-5-6-8-14/h12,14-15H,2-10H2,1H3,(H,18,20)/b13-12-. The lowest BCUT2D eigenvalue weighted by atomic mass is 9.94. The molecule has 2 rings (SSSR count). The SMILES string of the molecule is CN(/C=C(/C#N)C(=O)NC1CCCC1)C1CCCCC1. The second kappa shape index (κ2) is 7.33. The summed E-state index contributed by atoms with van der Waals surface area (Å²) in [7, 11) is 1.98. The van der Waals surface area contributed by atoms with Crippen LogP contribution in [0.5, 0.6) is 0 Å². The van der Waals surface area contributed by atoms with Crippen molar-refractivity contribution in [3.63, 3.8) is 0 Å². The molecule has 1 N–H and O–H groups in total. The fraction of sp³-hybridized carbons (Fsp3) is 0.750. The molecule has 0 saturated heterocycles. The minimum Gasteiger partial charge on any atom is -0.376 e. The van der Waals surface area contributed by atoms with E-state index in [0.717, 1.165) is 25.7 Å². The van der Waals surface area contributed by atoms with Gasteiger partial charge in [0.15, 0.2) is 0 Å². The van der Waals surface area contributed by atoms with Gasteiger partial charge in [-0.25, -0.2) is 0 Å². The van der Waals surface area contributed by atoms with E-state index in [1.807, 2.05) is 7.05 Å². The molecule has 1 amide bonds. The highest BCUT2D eigenvalue weighted by molar-refractivity contribution is 5.97. The van der Waals surface area contributed by atoms with Gasteiger partial charge >= 0.3 is 0 Å². The minimum absolute atomic E-state index is 0.206. The third-order valence-corrected chi connectivity index (χ3v) is 4.54. The molecule has 0 aliphatic heterocycles. The van der Waals surface area contributed by atoms with Crippen LogP contribution in [0.25, 0.3) is 0 Å². The van der Waals surface area contributed by atoms with Gasteiger partial charge in [-0.3, -0.25) is 4.79 Å². The molecule has 0 radical (unpaired) electrons. The molecule has 0 aromatic carbocycles. The van der Waals surface area contributed by atoms with E-state index in [4.69, 9.17) is 0 Å². The highest BCUT2D eigenvalue weighted by Gasteiger charge is 2.21. The molecule has 0 spiro atoms. The Morgan fingerprint density at radius 3 is 2.35 bits per heavy atom. The number of rotatable bonds is 4. The molecule has 0 aromatic rings. The van der Waals surface area contributed by atoms with Crippen molar-refractivity contribution in [3.8, 4) is 6.07 Å². The maximum absolute atomic E-state index is 12.1. The molecule has 0 heterocycles. The first-order valence-electron chi connectivity index (χ1n) is 7.85. The summed E-state index contributed by atoms with van der Waals surface area (Å²) in [6.45, 7) is 0. The number of nitriles is 1. The van der Waals surface area contributed by atoms with Crippen LogP contribution >= 0.6 is 0 Å². The number of carbonyl (C=O) groups excluding carboxylic acids is 1. The van der Waals surface area contributed by atoms with Crippen LogP contribution in [0.1, 0.15) is 57.8 Å². The summed E-state index contributed by atoms with van der Waals surface area (Å²) in [4.78, 5) is 14.2. The Balaban J connectivity index is 1.93. The van der Waals surface area contributed by atoms with E-state index >= 15 is 0 Å². The third kappa shape index (κ3) is 4.00. The molecule has 4 heteroatoms. The molecule has 4 nitrogen and oxygen atoms in total. The summed E-state index contributed by atoms with van der Waals surface area (Å²) < 4.78 is 0. The predicted molar refractivity (Wildman–Crippen MR) is 78.7 cm³/mol. The van der Waals surface area contributed by atoms with Crippen molar-refractivity contribution in [1.29, 1.82) is 5.26 Å². The summed E-state index contributed by atoms with van der Waals surface area (Å²) in [5.74, 6) is -0.206. The smallest absolute Gasteiger partial charge is 0.263 e. The summed E-state index contributed by atoms with van der Waals surface area (Å²) in [6, 6.07) is 2.79. The average Bonchev–Trinajstić information content (AvgIpc) is 2.98. The lowest BCUT2D eigenvalue weighted by Crippen LogP contribution is -2.35. The van der Waals surface area contributed by atoms with Gasteiger partial charge in [-0.1, -0.05) is 32.1 Å². The maximum atomic E-state index is 12.1. The first-order valence-corrected chi connectivity index (χ1v) is 7.85. The number of hydrogen-bond donors (Lipinski definition) is 1. The number of hydrogen-bond acceptors (Lipinski definition) is 3. The molecule has 110 valence electrons. The Hall–Kier alpha value is -1.50. The van der Waals surface area contributed by atoms with Gasteiger partial charge in [-0.15, -0.1) is 0 Å². The highest BCUT2D eigenvalue weighted by Crippen LogP contribution is 2.22. The topological polar surface area (TPSA) is 56.1 Å². The molecular formula is C16H25N3O. The number of nitrogens with zero attached hydrogens (tertiary/aromatic N) is 2. The molecule has 0 unspecified atom stereocenters. The van der Waals surface area contributed by atoms with Gasteiger partial charge in [0, 0.05) is 25.3 Å². The van der Waals surface area contributed by atoms with Crippen LogP contribution in [-0.4, -0.2) is 29.9 Å². The van der Waals surface area contributed by atoms with Gasteiger partial charge in [0.2, 0.25) is 0 Å². The number of carbonyl (C=O) groups is 1. The van der Waals surface area contributed by atoms with Gasteiger partial charge in [0.25, 0.3) is 5.91 Å². The minimum atomic E-state index is -0.206. The predicted octanol–water partition coefficient (Wildman–Crippen LogP) is 2.72. The van der Waals surface area contributed by atoms with E-state index < -0.39 is 0 Å². The van der Waals surface area contributed by atoms with Gasteiger partial charge in [0.05, 0.1) is 0 Å². The Morgan fingerprint density at radius 2 is 1.75 bits per heavy atom. The zero-order valence-electron chi connectivity index (χ0n) is 12.4. The zero-order chi connectivity index (χ0) is 14.4. The first kappa shape index (κ1) is 14.9. The summed E-state index contributed by atoms with van der Waals surface area (Å²) in [6.07, 6.45) is 12.3. The van der Waals surface area contributed by atoms with Crippen molar-refractivity contribution in [2.75, 3.05) is 7.05 Å². The zero-order valence-corrected chi connectivity index (χ0v) is 12.4. The van der Waals surface area contributed by atoms with Crippen LogP contribution in [0, 0.1) is 11.3 Å². The first-order chi connectivity index (χ1) is 9.70. The van der Waals surface area contributed by atoms with Crippen molar-refractivity contribution in [2.24, 2.45) is 0 Å². The molecule has 2 saturated carbocycles. The molecule has 2 fully saturated rings. The Kier molecular flexibility index (Phi) is 5.46. The average molecular weight is 275 g/mol. The summed E-state index contributed by atoms with van der Waals surface area (Å²) >= 11 is 0. The molecule has 2 aliphatic rings. The monoisotopic (exact) mass is 275 g/mol. The van der Waals surface area contributed by atoms with Crippen molar-refractivity contribution < 1.29 is 4.79 Å². The molecule has 0 bridgehead atoms. The second-order valence-corrected chi connectivity index (χ2v) is 6.07. The quantitative estimate of drug-likeness (QED) is 0.634. The van der Waals surface area contributed by atoms with Gasteiger partial charge in [-0.2, -0.15) is 5.26 Å².